The first-order valence-electron chi connectivity index (χ1n) is 5.04. The predicted octanol–water partition coefficient (Wildman–Crippen LogP) is 2.06. The Hall–Kier alpha value is -0.850. The van der Waals surface area contributed by atoms with E-state index in [1.807, 2.05) is 11.9 Å². The highest BCUT2D eigenvalue weighted by Gasteiger charge is 2.18. The number of aromatic nitrogens is 1. The summed E-state index contributed by atoms with van der Waals surface area (Å²) >= 11 is 7.10. The van der Waals surface area contributed by atoms with Crippen LogP contribution < -0.4 is 4.90 Å². The van der Waals surface area contributed by atoms with Crippen molar-refractivity contribution in [3.05, 3.63) is 10.0 Å². The van der Waals surface area contributed by atoms with Gasteiger partial charge in [-0.05, 0) is 6.42 Å². The molecule has 0 radical (unpaired) electrons. The van der Waals surface area contributed by atoms with Gasteiger partial charge in [0.15, 0.2) is 15.2 Å². The fourth-order valence-electron chi connectivity index (χ4n) is 1.21. The van der Waals surface area contributed by atoms with Gasteiger partial charge in [0.1, 0.15) is 0 Å². The first-order chi connectivity index (χ1) is 8.10. The van der Waals surface area contributed by atoms with Crippen molar-refractivity contribution in [2.45, 2.75) is 6.42 Å². The molecule has 0 aliphatic rings. The molecule has 1 heterocycles. The fourth-order valence-corrected chi connectivity index (χ4v) is 2.40. The Bertz CT molecular complexity index is 384. The first-order valence-corrected chi connectivity index (χ1v) is 6.24. The average Bonchev–Trinajstić information content (AvgIpc) is 2.70. The molecule has 0 aromatic carbocycles. The number of carbonyl (C=O) groups excluding carboxylic acids is 1. The van der Waals surface area contributed by atoms with Crippen molar-refractivity contribution in [1.29, 1.82) is 0 Å². The summed E-state index contributed by atoms with van der Waals surface area (Å²) in [6.45, 7) is 1.48. The second-order valence-electron chi connectivity index (χ2n) is 3.38. The molecule has 1 aromatic heterocycles. The molecule has 0 aliphatic heterocycles. The number of methoxy groups -OCH3 is 2. The lowest BCUT2D eigenvalue weighted by atomic mass is 10.4. The maximum absolute atomic E-state index is 11.4. The van der Waals surface area contributed by atoms with Gasteiger partial charge in [0, 0.05) is 27.3 Å². The third-order valence-corrected chi connectivity index (χ3v) is 3.65. The maximum Gasteiger partial charge on any atom is 0.351 e. The van der Waals surface area contributed by atoms with Crippen LogP contribution in [-0.2, 0) is 9.47 Å². The van der Waals surface area contributed by atoms with Gasteiger partial charge in [0.2, 0.25) is 0 Å². The van der Waals surface area contributed by atoms with Gasteiger partial charge in [-0.15, -0.1) is 0 Å². The van der Waals surface area contributed by atoms with E-state index in [-0.39, 0.29) is 5.15 Å². The van der Waals surface area contributed by atoms with E-state index in [1.54, 1.807) is 7.11 Å². The lowest BCUT2D eigenvalue weighted by Crippen LogP contribution is -2.19. The van der Waals surface area contributed by atoms with Gasteiger partial charge in [0.25, 0.3) is 0 Å². The molecule has 1 rings (SSSR count). The average molecular weight is 279 g/mol. The Morgan fingerprint density at radius 3 is 2.82 bits per heavy atom. The number of halogens is 1. The summed E-state index contributed by atoms with van der Waals surface area (Å²) < 4.78 is 9.59. The van der Waals surface area contributed by atoms with Crippen LogP contribution in [0, 0.1) is 0 Å². The zero-order valence-electron chi connectivity index (χ0n) is 10.0. The third kappa shape index (κ3) is 3.83. The zero-order valence-corrected chi connectivity index (χ0v) is 11.6. The monoisotopic (exact) mass is 278 g/mol. The molecule has 0 unspecified atom stereocenters. The van der Waals surface area contributed by atoms with E-state index in [4.69, 9.17) is 16.3 Å². The zero-order chi connectivity index (χ0) is 12.8. The molecule has 0 saturated carbocycles. The molecule has 0 N–H and O–H groups in total. The number of hydrogen-bond donors (Lipinski definition) is 0. The number of thiazole rings is 1. The highest BCUT2D eigenvalue weighted by Crippen LogP contribution is 2.29. The van der Waals surface area contributed by atoms with Gasteiger partial charge < -0.3 is 14.4 Å². The van der Waals surface area contributed by atoms with Gasteiger partial charge in [-0.1, -0.05) is 22.9 Å². The van der Waals surface area contributed by atoms with Crippen LogP contribution in [0.2, 0.25) is 5.15 Å². The molecule has 0 bridgehead atoms. The number of anilines is 1. The third-order valence-electron chi connectivity index (χ3n) is 2.11. The summed E-state index contributed by atoms with van der Waals surface area (Å²) in [7, 11) is 4.88. The molecule has 0 aliphatic carbocycles. The van der Waals surface area contributed by atoms with E-state index in [1.165, 1.54) is 18.4 Å². The summed E-state index contributed by atoms with van der Waals surface area (Å²) in [6.07, 6.45) is 0.887. The Labute approximate surface area is 109 Å². The molecule has 0 amide bonds. The van der Waals surface area contributed by atoms with Crippen LogP contribution in [0.5, 0.6) is 0 Å². The van der Waals surface area contributed by atoms with Crippen molar-refractivity contribution in [2.24, 2.45) is 0 Å². The lowest BCUT2D eigenvalue weighted by molar-refractivity contribution is 0.0606. The topological polar surface area (TPSA) is 51.7 Å². The van der Waals surface area contributed by atoms with Gasteiger partial charge in [-0.25, -0.2) is 9.78 Å². The highest BCUT2D eigenvalue weighted by atomic mass is 35.5. The maximum atomic E-state index is 11.4. The number of carbonyl (C=O) groups is 1. The predicted molar refractivity (Wildman–Crippen MR) is 68.2 cm³/mol. The van der Waals surface area contributed by atoms with Crippen molar-refractivity contribution < 1.29 is 14.3 Å². The van der Waals surface area contributed by atoms with Crippen molar-refractivity contribution in [1.82, 2.24) is 4.98 Å². The lowest BCUT2D eigenvalue weighted by Gasteiger charge is -2.14. The summed E-state index contributed by atoms with van der Waals surface area (Å²) in [5, 5.41) is 0.891. The molecule has 1 aromatic rings. The van der Waals surface area contributed by atoms with Crippen LogP contribution in [0.3, 0.4) is 0 Å². The van der Waals surface area contributed by atoms with Crippen LogP contribution in [0.15, 0.2) is 0 Å². The Balaban J connectivity index is 2.68. The van der Waals surface area contributed by atoms with Gasteiger partial charge in [-0.2, -0.15) is 0 Å². The molecule has 0 fully saturated rings. The van der Waals surface area contributed by atoms with Crippen molar-refractivity contribution in [3.63, 3.8) is 0 Å². The van der Waals surface area contributed by atoms with Crippen LogP contribution in [0.4, 0.5) is 5.13 Å². The number of nitrogens with zero attached hydrogens (tertiary/aromatic N) is 2. The van der Waals surface area contributed by atoms with E-state index in [0.717, 1.165) is 13.0 Å². The van der Waals surface area contributed by atoms with E-state index >= 15 is 0 Å². The molecule has 0 saturated heterocycles. The van der Waals surface area contributed by atoms with Gasteiger partial charge >= 0.3 is 5.97 Å². The summed E-state index contributed by atoms with van der Waals surface area (Å²) in [5.74, 6) is -0.455. The quantitative estimate of drug-likeness (QED) is 0.589. The van der Waals surface area contributed by atoms with Crippen LogP contribution in [0.1, 0.15) is 16.1 Å². The SMILES string of the molecule is COCCCN(C)c1nc(Cl)c(C(=O)OC)s1. The second-order valence-corrected chi connectivity index (χ2v) is 4.71. The summed E-state index contributed by atoms with van der Waals surface area (Å²) in [5.41, 5.74) is 0. The fraction of sp³-hybridized carbons (Fsp3) is 0.600. The Kier molecular flexibility index (Phi) is 5.67. The van der Waals surface area contributed by atoms with E-state index in [9.17, 15) is 4.79 Å². The minimum Gasteiger partial charge on any atom is -0.465 e. The van der Waals surface area contributed by atoms with E-state index in [0.29, 0.717) is 16.6 Å². The van der Waals surface area contributed by atoms with Crippen LogP contribution >= 0.6 is 22.9 Å². The smallest absolute Gasteiger partial charge is 0.351 e. The normalized spacial score (nSPS) is 10.4. The van der Waals surface area contributed by atoms with Crippen molar-refractivity contribution in [2.75, 3.05) is 39.3 Å². The minimum atomic E-state index is -0.455. The van der Waals surface area contributed by atoms with Crippen molar-refractivity contribution >= 4 is 34.0 Å². The number of rotatable bonds is 6. The van der Waals surface area contributed by atoms with Crippen LogP contribution in [-0.4, -0.2) is 45.4 Å². The summed E-state index contributed by atoms with van der Waals surface area (Å²) in [4.78, 5) is 17.8. The van der Waals surface area contributed by atoms with Crippen LogP contribution in [0.25, 0.3) is 0 Å². The highest BCUT2D eigenvalue weighted by molar-refractivity contribution is 7.18. The molecule has 0 spiro atoms. The molecular formula is C10H15ClN2O3S. The summed E-state index contributed by atoms with van der Waals surface area (Å²) in [6, 6.07) is 0. The molecule has 96 valence electrons. The Morgan fingerprint density at radius 2 is 2.24 bits per heavy atom. The molecule has 0 atom stereocenters. The van der Waals surface area contributed by atoms with Gasteiger partial charge in [0.05, 0.1) is 7.11 Å². The van der Waals surface area contributed by atoms with E-state index in [2.05, 4.69) is 9.72 Å². The minimum absolute atomic E-state index is 0.190. The number of ether oxygens (including phenoxy) is 2. The Morgan fingerprint density at radius 1 is 1.53 bits per heavy atom. The first kappa shape index (κ1) is 14.2. The number of hydrogen-bond acceptors (Lipinski definition) is 6. The molecular weight excluding hydrogens is 264 g/mol. The standard InChI is InChI=1S/C10H15ClN2O3S/c1-13(5-4-6-15-2)10-12-8(11)7(17-10)9(14)16-3/h4-6H2,1-3H3. The largest absolute Gasteiger partial charge is 0.465 e. The molecule has 17 heavy (non-hydrogen) atoms. The van der Waals surface area contributed by atoms with E-state index < -0.39 is 5.97 Å². The second kappa shape index (κ2) is 6.78. The molecule has 7 heteroatoms. The van der Waals surface area contributed by atoms with Crippen molar-refractivity contribution in [3.8, 4) is 0 Å². The molecule has 5 nitrogen and oxygen atoms in total. The van der Waals surface area contributed by atoms with Gasteiger partial charge in [-0.3, -0.25) is 0 Å². The number of esters is 1.